The van der Waals surface area contributed by atoms with E-state index in [0.29, 0.717) is 10.7 Å². The van der Waals surface area contributed by atoms with Crippen molar-refractivity contribution >= 4 is 28.8 Å². The van der Waals surface area contributed by atoms with Crippen molar-refractivity contribution < 1.29 is 9.90 Å². The molecule has 1 atom stereocenters. The summed E-state index contributed by atoms with van der Waals surface area (Å²) in [6, 6.07) is 3.49. The van der Waals surface area contributed by atoms with Gasteiger partial charge in [0.15, 0.2) is 0 Å². The van der Waals surface area contributed by atoms with Crippen LogP contribution in [0.2, 0.25) is 5.02 Å². The third-order valence-electron chi connectivity index (χ3n) is 2.94. The average molecular weight is 313 g/mol. The fraction of sp³-hybridized carbons (Fsp3) is 0.357. The number of amides is 1. The number of thiophene rings is 1. The van der Waals surface area contributed by atoms with E-state index in [1.165, 1.54) is 11.3 Å². The number of nitrogens with zero attached hydrogens (tertiary/aromatic N) is 1. The number of rotatable bonds is 6. The zero-order valence-corrected chi connectivity index (χ0v) is 12.7. The van der Waals surface area contributed by atoms with Crippen LogP contribution in [0.25, 0.3) is 0 Å². The summed E-state index contributed by atoms with van der Waals surface area (Å²) in [5.41, 5.74) is 1.34. The summed E-state index contributed by atoms with van der Waals surface area (Å²) in [5, 5.41) is 17.0. The highest BCUT2D eigenvalue weighted by Gasteiger charge is 2.15. The van der Waals surface area contributed by atoms with Gasteiger partial charge in [0, 0.05) is 19.3 Å². The van der Waals surface area contributed by atoms with E-state index in [0.717, 1.165) is 18.5 Å². The minimum atomic E-state index is -0.685. The third kappa shape index (κ3) is 3.62. The number of aliphatic hydroxyl groups is 1. The molecule has 2 N–H and O–H groups in total. The summed E-state index contributed by atoms with van der Waals surface area (Å²) >= 11 is 7.46. The van der Waals surface area contributed by atoms with Crippen LogP contribution in [0.3, 0.4) is 0 Å². The number of nitrogens with one attached hydrogen (secondary N) is 1. The maximum absolute atomic E-state index is 12.1. The van der Waals surface area contributed by atoms with Gasteiger partial charge in [-0.15, -0.1) is 0 Å². The Hall–Kier alpha value is -1.30. The number of carbonyl (C=O) groups excluding carboxylic acids is 1. The average Bonchev–Trinajstić information content (AvgIpc) is 3.05. The summed E-state index contributed by atoms with van der Waals surface area (Å²) < 4.78 is 1.83. The SMILES string of the molecule is CCCn1cc(Cl)cc1C(=O)NCC(O)c1ccsc1. The normalized spacial score (nSPS) is 12.3. The van der Waals surface area contributed by atoms with Crippen LogP contribution in [-0.2, 0) is 6.54 Å². The van der Waals surface area contributed by atoms with Gasteiger partial charge in [-0.05, 0) is 34.9 Å². The van der Waals surface area contributed by atoms with Crippen LogP contribution in [0.1, 0.15) is 35.5 Å². The monoisotopic (exact) mass is 312 g/mol. The second kappa shape index (κ2) is 6.92. The molecule has 4 nitrogen and oxygen atoms in total. The van der Waals surface area contributed by atoms with Crippen LogP contribution < -0.4 is 5.32 Å². The highest BCUT2D eigenvalue weighted by molar-refractivity contribution is 7.07. The number of aliphatic hydroxyl groups excluding tert-OH is 1. The lowest BCUT2D eigenvalue weighted by molar-refractivity contribution is 0.0907. The molecular weight excluding hydrogens is 296 g/mol. The summed E-state index contributed by atoms with van der Waals surface area (Å²) in [6.07, 6.45) is 1.98. The molecular formula is C14H17ClN2O2S. The van der Waals surface area contributed by atoms with E-state index in [4.69, 9.17) is 11.6 Å². The molecule has 0 aliphatic rings. The van der Waals surface area contributed by atoms with Crippen LogP contribution in [0.15, 0.2) is 29.1 Å². The van der Waals surface area contributed by atoms with Crippen molar-refractivity contribution in [2.75, 3.05) is 6.54 Å². The van der Waals surface area contributed by atoms with Crippen molar-refractivity contribution in [2.45, 2.75) is 26.0 Å². The Morgan fingerprint density at radius 1 is 1.60 bits per heavy atom. The van der Waals surface area contributed by atoms with Crippen molar-refractivity contribution in [2.24, 2.45) is 0 Å². The number of carbonyl (C=O) groups is 1. The molecule has 2 heterocycles. The first kappa shape index (κ1) is 15.1. The van der Waals surface area contributed by atoms with E-state index in [2.05, 4.69) is 5.32 Å². The molecule has 108 valence electrons. The molecule has 0 bridgehead atoms. The number of halogens is 1. The van der Waals surface area contributed by atoms with Gasteiger partial charge in [-0.2, -0.15) is 11.3 Å². The van der Waals surface area contributed by atoms with E-state index in [-0.39, 0.29) is 12.5 Å². The fourth-order valence-electron chi connectivity index (χ4n) is 1.95. The van der Waals surface area contributed by atoms with Gasteiger partial charge in [0.2, 0.25) is 0 Å². The Labute approximate surface area is 127 Å². The summed E-state index contributed by atoms with van der Waals surface area (Å²) in [7, 11) is 0. The van der Waals surface area contributed by atoms with Crippen LogP contribution in [0, 0.1) is 0 Å². The van der Waals surface area contributed by atoms with E-state index in [1.807, 2.05) is 28.3 Å². The molecule has 2 rings (SSSR count). The molecule has 0 saturated carbocycles. The Balaban J connectivity index is 1.98. The molecule has 0 radical (unpaired) electrons. The number of aryl methyl sites for hydroxylation is 1. The maximum atomic E-state index is 12.1. The highest BCUT2D eigenvalue weighted by Crippen LogP contribution is 2.17. The molecule has 0 aromatic carbocycles. The molecule has 2 aromatic rings. The zero-order chi connectivity index (χ0) is 14.5. The van der Waals surface area contributed by atoms with Gasteiger partial charge >= 0.3 is 0 Å². The second-order valence-corrected chi connectivity index (χ2v) is 5.74. The van der Waals surface area contributed by atoms with E-state index < -0.39 is 6.10 Å². The van der Waals surface area contributed by atoms with Crippen molar-refractivity contribution in [3.8, 4) is 0 Å². The molecule has 0 spiro atoms. The quantitative estimate of drug-likeness (QED) is 0.861. The van der Waals surface area contributed by atoms with Gasteiger partial charge in [0.05, 0.1) is 11.1 Å². The van der Waals surface area contributed by atoms with Gasteiger partial charge in [0.1, 0.15) is 5.69 Å². The standard InChI is InChI=1S/C14H17ClN2O2S/c1-2-4-17-8-11(15)6-12(17)14(19)16-7-13(18)10-3-5-20-9-10/h3,5-6,8-9,13,18H,2,4,7H2,1H3,(H,16,19). The van der Waals surface area contributed by atoms with Gasteiger partial charge in [-0.3, -0.25) is 4.79 Å². The molecule has 0 saturated heterocycles. The topological polar surface area (TPSA) is 54.3 Å². The van der Waals surface area contributed by atoms with Crippen LogP contribution in [0.5, 0.6) is 0 Å². The third-order valence-corrected chi connectivity index (χ3v) is 3.85. The summed E-state index contributed by atoms with van der Waals surface area (Å²) in [5.74, 6) is -0.223. The lowest BCUT2D eigenvalue weighted by Crippen LogP contribution is -2.29. The van der Waals surface area contributed by atoms with Gasteiger partial charge in [-0.25, -0.2) is 0 Å². The minimum Gasteiger partial charge on any atom is -0.387 e. The van der Waals surface area contributed by atoms with E-state index in [9.17, 15) is 9.90 Å². The Kier molecular flexibility index (Phi) is 5.23. The van der Waals surface area contributed by atoms with E-state index >= 15 is 0 Å². The molecule has 2 aromatic heterocycles. The summed E-state index contributed by atoms with van der Waals surface area (Å²) in [4.78, 5) is 12.1. The first-order valence-corrected chi connectivity index (χ1v) is 7.78. The zero-order valence-electron chi connectivity index (χ0n) is 11.2. The van der Waals surface area contributed by atoms with Crippen molar-refractivity contribution in [3.63, 3.8) is 0 Å². The van der Waals surface area contributed by atoms with Crippen LogP contribution >= 0.6 is 22.9 Å². The lowest BCUT2D eigenvalue weighted by atomic mass is 10.2. The molecule has 0 aliphatic carbocycles. The first-order valence-electron chi connectivity index (χ1n) is 6.46. The predicted molar refractivity (Wildman–Crippen MR) is 81.3 cm³/mol. The Morgan fingerprint density at radius 2 is 2.40 bits per heavy atom. The minimum absolute atomic E-state index is 0.185. The van der Waals surface area contributed by atoms with Gasteiger partial charge in [0.25, 0.3) is 5.91 Å². The Morgan fingerprint density at radius 3 is 3.05 bits per heavy atom. The molecule has 1 amide bonds. The number of hydrogen-bond acceptors (Lipinski definition) is 3. The number of hydrogen-bond donors (Lipinski definition) is 2. The maximum Gasteiger partial charge on any atom is 0.268 e. The van der Waals surface area contributed by atoms with Crippen molar-refractivity contribution in [1.29, 1.82) is 0 Å². The molecule has 0 aliphatic heterocycles. The number of aromatic nitrogens is 1. The fourth-order valence-corrected chi connectivity index (χ4v) is 2.88. The highest BCUT2D eigenvalue weighted by atomic mass is 35.5. The van der Waals surface area contributed by atoms with Crippen LogP contribution in [-0.4, -0.2) is 22.1 Å². The summed E-state index contributed by atoms with van der Waals surface area (Å²) in [6.45, 7) is 2.96. The largest absolute Gasteiger partial charge is 0.387 e. The van der Waals surface area contributed by atoms with Crippen molar-refractivity contribution in [3.05, 3.63) is 45.4 Å². The molecule has 6 heteroatoms. The first-order chi connectivity index (χ1) is 9.61. The van der Waals surface area contributed by atoms with Gasteiger partial charge < -0.3 is 15.0 Å². The van der Waals surface area contributed by atoms with Crippen LogP contribution in [0.4, 0.5) is 0 Å². The van der Waals surface area contributed by atoms with Crippen molar-refractivity contribution in [1.82, 2.24) is 9.88 Å². The second-order valence-electron chi connectivity index (χ2n) is 4.52. The predicted octanol–water partition coefficient (Wildman–Crippen LogP) is 3.08. The lowest BCUT2D eigenvalue weighted by Gasteiger charge is -2.12. The van der Waals surface area contributed by atoms with Gasteiger partial charge in [-0.1, -0.05) is 18.5 Å². The molecule has 1 unspecified atom stereocenters. The molecule has 20 heavy (non-hydrogen) atoms. The smallest absolute Gasteiger partial charge is 0.268 e. The van der Waals surface area contributed by atoms with E-state index in [1.54, 1.807) is 12.3 Å². The Bertz CT molecular complexity index is 566. The molecule has 0 fully saturated rings.